The third-order valence-corrected chi connectivity index (χ3v) is 3.10. The summed E-state index contributed by atoms with van der Waals surface area (Å²) in [4.78, 5) is 12.9. The number of fused-ring (bicyclic) bond motifs is 1. The summed E-state index contributed by atoms with van der Waals surface area (Å²) in [5.74, 6) is 0. The molecule has 0 radical (unpaired) electrons. The van der Waals surface area contributed by atoms with Crippen LogP contribution in [0.1, 0.15) is 11.4 Å². The summed E-state index contributed by atoms with van der Waals surface area (Å²) in [6.07, 6.45) is 5.29. The Labute approximate surface area is 116 Å². The molecule has 0 aliphatic rings. The molecule has 0 fully saturated rings. The Balaban J connectivity index is 1.88. The first-order chi connectivity index (χ1) is 9.74. The molecule has 20 heavy (non-hydrogen) atoms. The maximum absolute atomic E-state index is 5.94. The molecule has 0 unspecified atom stereocenters. The van der Waals surface area contributed by atoms with Gasteiger partial charge in [-0.3, -0.25) is 15.0 Å². The molecule has 0 atom stereocenters. The van der Waals surface area contributed by atoms with Crippen molar-refractivity contribution < 1.29 is 0 Å². The number of para-hydroxylation sites is 1. The maximum atomic E-state index is 5.94. The summed E-state index contributed by atoms with van der Waals surface area (Å²) in [5.41, 5.74) is 10.2. The fourth-order valence-corrected chi connectivity index (χ4v) is 2.05. The van der Waals surface area contributed by atoms with Crippen LogP contribution in [-0.2, 0) is 6.54 Å². The molecule has 0 amide bonds. The minimum absolute atomic E-state index is 0.612. The van der Waals surface area contributed by atoms with Crippen molar-refractivity contribution in [3.05, 3.63) is 54.2 Å². The van der Waals surface area contributed by atoms with Crippen LogP contribution >= 0.6 is 0 Å². The molecule has 2 heterocycles. The van der Waals surface area contributed by atoms with Gasteiger partial charge in [0.25, 0.3) is 0 Å². The molecule has 2 aromatic heterocycles. The zero-order valence-corrected chi connectivity index (χ0v) is 11.2. The van der Waals surface area contributed by atoms with Crippen LogP contribution in [0.4, 0.5) is 11.4 Å². The third-order valence-electron chi connectivity index (χ3n) is 3.10. The third kappa shape index (κ3) is 2.38. The summed E-state index contributed by atoms with van der Waals surface area (Å²) in [6.45, 7) is 2.53. The number of hydrogen-bond acceptors (Lipinski definition) is 5. The average Bonchev–Trinajstić information content (AvgIpc) is 2.47. The molecular weight excluding hydrogens is 250 g/mol. The standard InChI is InChI=1S/C15H15N5/c1-10-7-19-11(8-18-10)9-20-14-5-6-17-15-12(14)3-2-4-13(15)16/h2-8H,9,16H2,1H3,(H,17,20). The summed E-state index contributed by atoms with van der Waals surface area (Å²) in [7, 11) is 0. The molecule has 1 aromatic carbocycles. The highest BCUT2D eigenvalue weighted by molar-refractivity contribution is 5.97. The minimum Gasteiger partial charge on any atom is -0.397 e. The Bertz CT molecular complexity index is 737. The van der Waals surface area contributed by atoms with E-state index in [4.69, 9.17) is 5.73 Å². The topological polar surface area (TPSA) is 76.7 Å². The first-order valence-electron chi connectivity index (χ1n) is 6.38. The van der Waals surface area contributed by atoms with Crippen molar-refractivity contribution in [3.63, 3.8) is 0 Å². The van der Waals surface area contributed by atoms with E-state index in [0.717, 1.165) is 28.0 Å². The van der Waals surface area contributed by atoms with Gasteiger partial charge in [-0.15, -0.1) is 0 Å². The Morgan fingerprint density at radius 2 is 2.00 bits per heavy atom. The predicted molar refractivity (Wildman–Crippen MR) is 80.3 cm³/mol. The van der Waals surface area contributed by atoms with E-state index >= 15 is 0 Å². The predicted octanol–water partition coefficient (Wildman–Crippen LogP) is 2.53. The van der Waals surface area contributed by atoms with Crippen LogP contribution in [-0.4, -0.2) is 15.0 Å². The number of aryl methyl sites for hydroxylation is 1. The van der Waals surface area contributed by atoms with Crippen molar-refractivity contribution in [1.29, 1.82) is 0 Å². The molecule has 0 aliphatic carbocycles. The van der Waals surface area contributed by atoms with Gasteiger partial charge in [-0.05, 0) is 19.1 Å². The summed E-state index contributed by atoms with van der Waals surface area (Å²) in [6, 6.07) is 7.71. The Morgan fingerprint density at radius 3 is 2.80 bits per heavy atom. The molecule has 3 rings (SSSR count). The zero-order chi connectivity index (χ0) is 13.9. The Kier molecular flexibility index (Phi) is 3.16. The van der Waals surface area contributed by atoms with Crippen molar-refractivity contribution in [1.82, 2.24) is 15.0 Å². The van der Waals surface area contributed by atoms with Crippen LogP contribution in [0.15, 0.2) is 42.9 Å². The quantitative estimate of drug-likeness (QED) is 0.712. The minimum atomic E-state index is 0.612. The van der Waals surface area contributed by atoms with Crippen LogP contribution in [0.25, 0.3) is 10.9 Å². The Morgan fingerprint density at radius 1 is 1.10 bits per heavy atom. The molecule has 5 nitrogen and oxygen atoms in total. The SMILES string of the molecule is Cc1cnc(CNc2ccnc3c(N)cccc23)cn1. The number of pyridine rings is 1. The number of nitrogens with two attached hydrogens (primary N) is 1. The number of nitrogens with zero attached hydrogens (tertiary/aromatic N) is 3. The lowest BCUT2D eigenvalue weighted by Crippen LogP contribution is -2.03. The first-order valence-corrected chi connectivity index (χ1v) is 6.38. The van der Waals surface area contributed by atoms with Gasteiger partial charge in [-0.1, -0.05) is 12.1 Å². The van der Waals surface area contributed by atoms with Crippen LogP contribution in [0.3, 0.4) is 0 Å². The number of benzene rings is 1. The molecular formula is C15H15N5. The number of hydrogen-bond donors (Lipinski definition) is 2. The lowest BCUT2D eigenvalue weighted by atomic mass is 10.1. The van der Waals surface area contributed by atoms with Gasteiger partial charge in [-0.2, -0.15) is 0 Å². The molecule has 0 bridgehead atoms. The van der Waals surface area contributed by atoms with Crippen molar-refractivity contribution >= 4 is 22.3 Å². The van der Waals surface area contributed by atoms with Gasteiger partial charge in [0.05, 0.1) is 35.3 Å². The van der Waals surface area contributed by atoms with Crippen LogP contribution in [0.2, 0.25) is 0 Å². The lowest BCUT2D eigenvalue weighted by Gasteiger charge is -2.10. The molecule has 100 valence electrons. The van der Waals surface area contributed by atoms with Crippen LogP contribution in [0.5, 0.6) is 0 Å². The number of aromatic nitrogens is 3. The average molecular weight is 265 g/mol. The summed E-state index contributed by atoms with van der Waals surface area (Å²) in [5, 5.41) is 4.36. The summed E-state index contributed by atoms with van der Waals surface area (Å²) < 4.78 is 0. The second-order valence-corrected chi connectivity index (χ2v) is 4.60. The van der Waals surface area contributed by atoms with E-state index in [2.05, 4.69) is 20.3 Å². The highest BCUT2D eigenvalue weighted by Gasteiger charge is 2.04. The van der Waals surface area contributed by atoms with Gasteiger partial charge in [-0.25, -0.2) is 0 Å². The van der Waals surface area contributed by atoms with Gasteiger partial charge >= 0.3 is 0 Å². The van der Waals surface area contributed by atoms with E-state index in [1.807, 2.05) is 31.2 Å². The molecule has 0 spiro atoms. The Hall–Kier alpha value is -2.69. The van der Waals surface area contributed by atoms with Gasteiger partial charge in [0.15, 0.2) is 0 Å². The first kappa shape index (κ1) is 12.3. The van der Waals surface area contributed by atoms with E-state index in [1.54, 1.807) is 18.6 Å². The number of nitrogens with one attached hydrogen (secondary N) is 1. The van der Waals surface area contributed by atoms with E-state index < -0.39 is 0 Å². The van der Waals surface area contributed by atoms with Crippen molar-refractivity contribution in [2.45, 2.75) is 13.5 Å². The number of nitrogen functional groups attached to an aromatic ring is 1. The summed E-state index contributed by atoms with van der Waals surface area (Å²) >= 11 is 0. The van der Waals surface area contributed by atoms with Crippen LogP contribution < -0.4 is 11.1 Å². The monoisotopic (exact) mass is 265 g/mol. The largest absolute Gasteiger partial charge is 0.397 e. The smallest absolute Gasteiger partial charge is 0.0951 e. The van der Waals surface area contributed by atoms with Gasteiger partial charge < -0.3 is 11.1 Å². The second kappa shape index (κ2) is 5.13. The second-order valence-electron chi connectivity index (χ2n) is 4.60. The fourth-order valence-electron chi connectivity index (χ4n) is 2.05. The van der Waals surface area contributed by atoms with Crippen LogP contribution in [0, 0.1) is 6.92 Å². The maximum Gasteiger partial charge on any atom is 0.0951 e. The van der Waals surface area contributed by atoms with E-state index in [1.165, 1.54) is 0 Å². The molecule has 0 aliphatic heterocycles. The molecule has 3 N–H and O–H groups in total. The molecule has 5 heteroatoms. The molecule has 3 aromatic rings. The highest BCUT2D eigenvalue weighted by Crippen LogP contribution is 2.25. The molecule has 0 saturated heterocycles. The molecule has 0 saturated carbocycles. The lowest BCUT2D eigenvalue weighted by molar-refractivity contribution is 0.985. The highest BCUT2D eigenvalue weighted by atomic mass is 14.9. The van der Waals surface area contributed by atoms with E-state index in [9.17, 15) is 0 Å². The van der Waals surface area contributed by atoms with Gasteiger partial charge in [0, 0.05) is 23.5 Å². The van der Waals surface area contributed by atoms with Crippen molar-refractivity contribution in [2.75, 3.05) is 11.1 Å². The van der Waals surface area contributed by atoms with Crippen molar-refractivity contribution in [2.24, 2.45) is 0 Å². The van der Waals surface area contributed by atoms with E-state index in [0.29, 0.717) is 12.2 Å². The van der Waals surface area contributed by atoms with Gasteiger partial charge in [0.1, 0.15) is 0 Å². The number of anilines is 2. The normalized spacial score (nSPS) is 10.7. The van der Waals surface area contributed by atoms with Crippen molar-refractivity contribution in [3.8, 4) is 0 Å². The zero-order valence-electron chi connectivity index (χ0n) is 11.2. The number of rotatable bonds is 3. The van der Waals surface area contributed by atoms with E-state index in [-0.39, 0.29) is 0 Å². The fraction of sp³-hybridized carbons (Fsp3) is 0.133. The van der Waals surface area contributed by atoms with Gasteiger partial charge in [0.2, 0.25) is 0 Å².